The maximum atomic E-state index is 12.9. The molecule has 2 aliphatic rings. The number of nitro benzene ring substituents is 1. The van der Waals surface area contributed by atoms with Crippen molar-refractivity contribution in [1.29, 1.82) is 0 Å². The van der Waals surface area contributed by atoms with Gasteiger partial charge in [-0.2, -0.15) is 4.31 Å². The van der Waals surface area contributed by atoms with Crippen LogP contribution in [0.5, 0.6) is 0 Å². The number of aryl methyl sites for hydroxylation is 1. The Morgan fingerprint density at radius 2 is 1.58 bits per heavy atom. The van der Waals surface area contributed by atoms with E-state index in [1.807, 2.05) is 17.0 Å². The fraction of sp³-hybridized carbons (Fsp3) is 0.375. The molecule has 4 rings (SSSR count). The van der Waals surface area contributed by atoms with Crippen molar-refractivity contribution in [1.82, 2.24) is 14.5 Å². The van der Waals surface area contributed by atoms with Gasteiger partial charge in [0.2, 0.25) is 15.9 Å². The van der Waals surface area contributed by atoms with E-state index >= 15 is 0 Å². The number of carbonyl (C=O) groups is 3. The summed E-state index contributed by atoms with van der Waals surface area (Å²) in [6, 6.07) is 13.5. The molecule has 1 unspecified atom stereocenters. The molecule has 1 aliphatic carbocycles. The molecule has 1 saturated heterocycles. The molecule has 2 aromatic carbocycles. The third-order valence-electron chi connectivity index (χ3n) is 6.27. The third-order valence-corrected chi connectivity index (χ3v) is 8.21. The second-order valence-electron chi connectivity index (χ2n) is 8.73. The minimum absolute atomic E-state index is 0.00717. The lowest BCUT2D eigenvalue weighted by molar-refractivity contribution is -0.387. The highest BCUT2D eigenvalue weighted by Crippen LogP contribution is 2.29. The topological polar surface area (TPSA) is 187 Å². The van der Waals surface area contributed by atoms with Crippen LogP contribution in [0.1, 0.15) is 30.0 Å². The summed E-state index contributed by atoms with van der Waals surface area (Å²) in [5.41, 5.74) is 2.02. The van der Waals surface area contributed by atoms with Crippen molar-refractivity contribution in [3.8, 4) is 0 Å². The third kappa shape index (κ3) is 7.12. The van der Waals surface area contributed by atoms with Crippen LogP contribution in [-0.4, -0.2) is 83.3 Å². The van der Waals surface area contributed by atoms with Gasteiger partial charge in [-0.25, -0.2) is 18.0 Å². The van der Waals surface area contributed by atoms with Crippen LogP contribution >= 0.6 is 0 Å². The Balaban J connectivity index is 0.000000599. The molecule has 38 heavy (non-hydrogen) atoms. The number of benzene rings is 2. The molecular weight excluding hydrogens is 520 g/mol. The number of carbonyl (C=O) groups excluding carboxylic acids is 1. The van der Waals surface area contributed by atoms with Gasteiger partial charge in [0.15, 0.2) is 4.90 Å². The lowest BCUT2D eigenvalue weighted by atomic mass is 9.88. The molecule has 3 N–H and O–H groups in total. The average molecular weight is 549 g/mol. The van der Waals surface area contributed by atoms with Crippen LogP contribution in [0.2, 0.25) is 0 Å². The minimum atomic E-state index is -3.98. The predicted molar refractivity (Wildman–Crippen MR) is 134 cm³/mol. The van der Waals surface area contributed by atoms with Crippen LogP contribution in [0.15, 0.2) is 53.4 Å². The Hall–Kier alpha value is -3.88. The van der Waals surface area contributed by atoms with Gasteiger partial charge in [0.25, 0.3) is 5.69 Å². The summed E-state index contributed by atoms with van der Waals surface area (Å²) in [7, 11) is -3.98. The number of carboxylic acids is 2. The standard InChI is InChI=1S/C22H26N4O5S.C2H2O4/c27-22(23-19-9-5-7-17-6-1-2-8-18(17)19)16-24-12-14-25(15-13-24)32(30,31)21-11-4-3-10-20(21)26(28)29;3-1(4)2(5)6/h1-4,6,8,10-11,19H,5,7,9,12-16H2,(H,23,27);(H,3,4)(H,5,6). The zero-order valence-electron chi connectivity index (χ0n) is 20.4. The van der Waals surface area contributed by atoms with E-state index in [0.29, 0.717) is 13.1 Å². The number of carboxylic acid groups (broad SMARTS) is 2. The van der Waals surface area contributed by atoms with Gasteiger partial charge in [-0.3, -0.25) is 19.8 Å². The van der Waals surface area contributed by atoms with E-state index in [-0.39, 0.29) is 36.5 Å². The Labute approximate surface area is 218 Å². The first-order chi connectivity index (χ1) is 18.0. The number of para-hydroxylation sites is 1. The van der Waals surface area contributed by atoms with Gasteiger partial charge in [-0.05, 0) is 36.5 Å². The average Bonchev–Trinajstić information content (AvgIpc) is 2.89. The van der Waals surface area contributed by atoms with E-state index in [1.54, 1.807) is 0 Å². The van der Waals surface area contributed by atoms with E-state index < -0.39 is 32.6 Å². The molecule has 204 valence electrons. The number of fused-ring (bicyclic) bond motifs is 1. The highest BCUT2D eigenvalue weighted by atomic mass is 32.2. The van der Waals surface area contributed by atoms with Gasteiger partial charge in [0, 0.05) is 32.2 Å². The van der Waals surface area contributed by atoms with Crippen molar-refractivity contribution in [3.63, 3.8) is 0 Å². The van der Waals surface area contributed by atoms with Crippen molar-refractivity contribution in [2.24, 2.45) is 0 Å². The highest BCUT2D eigenvalue weighted by molar-refractivity contribution is 7.89. The van der Waals surface area contributed by atoms with Crippen LogP contribution in [0.3, 0.4) is 0 Å². The molecule has 14 heteroatoms. The molecule has 0 saturated carbocycles. The molecule has 1 atom stereocenters. The van der Waals surface area contributed by atoms with E-state index in [9.17, 15) is 23.3 Å². The molecule has 0 bridgehead atoms. The van der Waals surface area contributed by atoms with Gasteiger partial charge < -0.3 is 15.5 Å². The normalized spacial score (nSPS) is 17.8. The first-order valence-electron chi connectivity index (χ1n) is 11.8. The fourth-order valence-electron chi connectivity index (χ4n) is 4.44. The summed E-state index contributed by atoms with van der Waals surface area (Å²) in [4.78, 5) is 43.0. The van der Waals surface area contributed by atoms with Crippen LogP contribution in [0.4, 0.5) is 5.69 Å². The van der Waals surface area contributed by atoms with Crippen molar-refractivity contribution < 1.29 is 37.9 Å². The van der Waals surface area contributed by atoms with Crippen molar-refractivity contribution in [2.45, 2.75) is 30.2 Å². The van der Waals surface area contributed by atoms with Gasteiger partial charge in [0.1, 0.15) is 0 Å². The molecule has 1 heterocycles. The van der Waals surface area contributed by atoms with E-state index in [1.165, 1.54) is 39.7 Å². The Morgan fingerprint density at radius 3 is 2.21 bits per heavy atom. The van der Waals surface area contributed by atoms with E-state index in [4.69, 9.17) is 19.8 Å². The van der Waals surface area contributed by atoms with Crippen LogP contribution in [0.25, 0.3) is 0 Å². The second kappa shape index (κ2) is 12.6. The van der Waals surface area contributed by atoms with Crippen LogP contribution in [0, 0.1) is 10.1 Å². The maximum absolute atomic E-state index is 12.9. The van der Waals surface area contributed by atoms with Crippen molar-refractivity contribution in [2.75, 3.05) is 32.7 Å². The van der Waals surface area contributed by atoms with Crippen LogP contribution in [-0.2, 0) is 30.8 Å². The molecule has 1 fully saturated rings. The summed E-state index contributed by atoms with van der Waals surface area (Å²) in [6.45, 7) is 1.31. The molecular formula is C24H28N4O9S. The SMILES string of the molecule is O=C(CN1CCN(S(=O)(=O)c2ccccc2[N+](=O)[O-])CC1)NC1CCCc2ccccc21.O=C(O)C(=O)O. The Morgan fingerprint density at radius 1 is 0.974 bits per heavy atom. The maximum Gasteiger partial charge on any atom is 0.414 e. The molecule has 2 aromatic rings. The lowest BCUT2D eigenvalue weighted by Gasteiger charge is -2.34. The number of hydrogen-bond acceptors (Lipinski definition) is 8. The summed E-state index contributed by atoms with van der Waals surface area (Å²) in [6.07, 6.45) is 2.97. The molecule has 1 amide bonds. The number of aliphatic carboxylic acids is 2. The summed E-state index contributed by atoms with van der Waals surface area (Å²) in [5, 5.41) is 29.1. The first kappa shape index (κ1) is 28.7. The van der Waals surface area contributed by atoms with Gasteiger partial charge in [-0.1, -0.05) is 36.4 Å². The quantitative estimate of drug-likeness (QED) is 0.269. The Kier molecular flexibility index (Phi) is 9.50. The number of nitrogens with one attached hydrogen (secondary N) is 1. The first-order valence-corrected chi connectivity index (χ1v) is 13.2. The van der Waals surface area contributed by atoms with Gasteiger partial charge >= 0.3 is 11.9 Å². The highest BCUT2D eigenvalue weighted by Gasteiger charge is 2.34. The molecule has 0 radical (unpaired) electrons. The zero-order chi connectivity index (χ0) is 27.9. The van der Waals surface area contributed by atoms with Crippen LogP contribution < -0.4 is 5.32 Å². The number of amides is 1. The largest absolute Gasteiger partial charge is 0.473 e. The summed E-state index contributed by atoms with van der Waals surface area (Å²) >= 11 is 0. The number of sulfonamides is 1. The zero-order valence-corrected chi connectivity index (χ0v) is 21.2. The number of nitrogens with zero attached hydrogens (tertiary/aromatic N) is 3. The minimum Gasteiger partial charge on any atom is -0.473 e. The smallest absolute Gasteiger partial charge is 0.414 e. The molecule has 1 aliphatic heterocycles. The molecule has 0 spiro atoms. The molecule has 13 nitrogen and oxygen atoms in total. The van der Waals surface area contributed by atoms with E-state index in [2.05, 4.69) is 17.4 Å². The van der Waals surface area contributed by atoms with E-state index in [0.717, 1.165) is 19.3 Å². The number of nitro groups is 1. The predicted octanol–water partition coefficient (Wildman–Crippen LogP) is 1.25. The summed E-state index contributed by atoms with van der Waals surface area (Å²) in [5.74, 6) is -3.73. The molecule has 0 aromatic heterocycles. The van der Waals surface area contributed by atoms with Crippen molar-refractivity contribution in [3.05, 3.63) is 69.8 Å². The fourth-order valence-corrected chi connectivity index (χ4v) is 6.02. The summed E-state index contributed by atoms with van der Waals surface area (Å²) < 4.78 is 27.1. The monoisotopic (exact) mass is 548 g/mol. The Bertz CT molecular complexity index is 1300. The lowest BCUT2D eigenvalue weighted by Crippen LogP contribution is -2.51. The number of piperazine rings is 1. The van der Waals surface area contributed by atoms with Crippen molar-refractivity contribution >= 4 is 33.6 Å². The number of hydrogen-bond donors (Lipinski definition) is 3. The van der Waals surface area contributed by atoms with Gasteiger partial charge in [-0.15, -0.1) is 0 Å². The second-order valence-corrected chi connectivity index (χ2v) is 10.6. The van der Waals surface area contributed by atoms with Gasteiger partial charge in [0.05, 0.1) is 17.5 Å². The number of rotatable bonds is 6.